The minimum Gasteiger partial charge on any atom is -0.497 e. The van der Waals surface area contributed by atoms with Crippen LogP contribution in [0.15, 0.2) is 103 Å². The maximum atomic E-state index is 5.80. The number of rotatable bonds is 5. The molecule has 2 N–H and O–H groups in total. The normalized spacial score (nSPS) is 10.5. The van der Waals surface area contributed by atoms with Crippen molar-refractivity contribution in [2.75, 3.05) is 17.7 Å². The molecule has 0 radical (unpaired) electrons. The summed E-state index contributed by atoms with van der Waals surface area (Å²) in [5, 5.41) is 0. The molecule has 0 fully saturated rings. The Labute approximate surface area is 165 Å². The second-order valence-corrected chi connectivity index (χ2v) is 6.54. The number of nitrogen functional groups attached to an aromatic ring is 1. The predicted molar refractivity (Wildman–Crippen MR) is 118 cm³/mol. The quantitative estimate of drug-likeness (QED) is 0.415. The third-order valence-corrected chi connectivity index (χ3v) is 4.70. The lowest BCUT2D eigenvalue weighted by Gasteiger charge is -2.26. The smallest absolute Gasteiger partial charge is 0.120 e. The van der Waals surface area contributed by atoms with Gasteiger partial charge < -0.3 is 15.4 Å². The molecule has 3 heteroatoms. The number of para-hydroxylation sites is 1. The van der Waals surface area contributed by atoms with E-state index in [0.29, 0.717) is 0 Å². The third-order valence-electron chi connectivity index (χ3n) is 4.70. The highest BCUT2D eigenvalue weighted by molar-refractivity contribution is 5.78. The van der Waals surface area contributed by atoms with Gasteiger partial charge in [0.05, 0.1) is 7.11 Å². The molecule has 0 bridgehead atoms. The molecule has 28 heavy (non-hydrogen) atoms. The van der Waals surface area contributed by atoms with Gasteiger partial charge in [-0.15, -0.1) is 0 Å². The number of nitrogens with zero attached hydrogens (tertiary/aromatic N) is 1. The number of hydrogen-bond acceptors (Lipinski definition) is 3. The SMILES string of the molecule is COc1cccc(N(c2ccccc2)c2ccc(-c3ccc(N)cc3)cc2)c1. The molecule has 3 nitrogen and oxygen atoms in total. The highest BCUT2D eigenvalue weighted by atomic mass is 16.5. The molecule has 0 saturated heterocycles. The zero-order valence-corrected chi connectivity index (χ0v) is 15.7. The lowest BCUT2D eigenvalue weighted by Crippen LogP contribution is -2.09. The van der Waals surface area contributed by atoms with Gasteiger partial charge >= 0.3 is 0 Å². The Kier molecular flexibility index (Phi) is 4.98. The van der Waals surface area contributed by atoms with Crippen molar-refractivity contribution in [3.05, 3.63) is 103 Å². The first-order chi connectivity index (χ1) is 13.7. The molecule has 0 heterocycles. The fraction of sp³-hybridized carbons (Fsp3) is 0.0400. The Morgan fingerprint density at radius 2 is 1.18 bits per heavy atom. The number of anilines is 4. The molecule has 0 saturated carbocycles. The van der Waals surface area contributed by atoms with Crippen LogP contribution in [0, 0.1) is 0 Å². The summed E-state index contributed by atoms with van der Waals surface area (Å²) in [4.78, 5) is 2.22. The van der Waals surface area contributed by atoms with Gasteiger partial charge in [-0.2, -0.15) is 0 Å². The van der Waals surface area contributed by atoms with Crippen molar-refractivity contribution in [3.8, 4) is 16.9 Å². The Morgan fingerprint density at radius 3 is 1.82 bits per heavy atom. The van der Waals surface area contributed by atoms with E-state index in [9.17, 15) is 0 Å². The van der Waals surface area contributed by atoms with Crippen molar-refractivity contribution in [3.63, 3.8) is 0 Å². The van der Waals surface area contributed by atoms with Gasteiger partial charge in [0, 0.05) is 28.8 Å². The highest BCUT2D eigenvalue weighted by Gasteiger charge is 2.13. The van der Waals surface area contributed by atoms with Crippen LogP contribution in [0.1, 0.15) is 0 Å². The molecule has 138 valence electrons. The van der Waals surface area contributed by atoms with Crippen molar-refractivity contribution in [1.82, 2.24) is 0 Å². The summed E-state index contributed by atoms with van der Waals surface area (Å²) < 4.78 is 5.43. The summed E-state index contributed by atoms with van der Waals surface area (Å²) in [6.45, 7) is 0. The van der Waals surface area contributed by atoms with Gasteiger partial charge in [-0.05, 0) is 59.7 Å². The van der Waals surface area contributed by atoms with Crippen LogP contribution in [0.3, 0.4) is 0 Å². The van der Waals surface area contributed by atoms with E-state index in [1.54, 1.807) is 7.11 Å². The summed E-state index contributed by atoms with van der Waals surface area (Å²) in [6.07, 6.45) is 0. The van der Waals surface area contributed by atoms with E-state index in [1.807, 2.05) is 60.7 Å². The maximum Gasteiger partial charge on any atom is 0.120 e. The van der Waals surface area contributed by atoms with Crippen LogP contribution in [0.25, 0.3) is 11.1 Å². The maximum absolute atomic E-state index is 5.80. The van der Waals surface area contributed by atoms with E-state index in [2.05, 4.69) is 47.4 Å². The summed E-state index contributed by atoms with van der Waals surface area (Å²) in [5.74, 6) is 0.830. The third kappa shape index (κ3) is 3.69. The lowest BCUT2D eigenvalue weighted by molar-refractivity contribution is 0.415. The van der Waals surface area contributed by atoms with E-state index < -0.39 is 0 Å². The van der Waals surface area contributed by atoms with Crippen molar-refractivity contribution >= 4 is 22.7 Å². The molecule has 4 rings (SSSR count). The second kappa shape index (κ2) is 7.89. The summed E-state index contributed by atoms with van der Waals surface area (Å²) in [7, 11) is 1.69. The monoisotopic (exact) mass is 366 g/mol. The first-order valence-corrected chi connectivity index (χ1v) is 9.20. The van der Waals surface area contributed by atoms with Gasteiger partial charge in [0.2, 0.25) is 0 Å². The minimum atomic E-state index is 0.772. The van der Waals surface area contributed by atoms with Crippen molar-refractivity contribution in [2.45, 2.75) is 0 Å². The fourth-order valence-electron chi connectivity index (χ4n) is 3.25. The molecule has 0 aliphatic heterocycles. The summed E-state index contributed by atoms with van der Waals surface area (Å²) in [6, 6.07) is 34.9. The van der Waals surface area contributed by atoms with Crippen LogP contribution in [-0.2, 0) is 0 Å². The average Bonchev–Trinajstić information content (AvgIpc) is 2.76. The molecule has 0 aromatic heterocycles. The largest absolute Gasteiger partial charge is 0.497 e. The van der Waals surface area contributed by atoms with Crippen molar-refractivity contribution < 1.29 is 4.74 Å². The van der Waals surface area contributed by atoms with Gasteiger partial charge in [0.15, 0.2) is 0 Å². The van der Waals surface area contributed by atoms with E-state index in [1.165, 1.54) is 0 Å². The van der Waals surface area contributed by atoms with Crippen molar-refractivity contribution in [2.24, 2.45) is 0 Å². The number of hydrogen-bond donors (Lipinski definition) is 1. The number of ether oxygens (including phenoxy) is 1. The zero-order chi connectivity index (χ0) is 19.3. The van der Waals surface area contributed by atoms with Gasteiger partial charge in [0.1, 0.15) is 5.75 Å². The molecule has 0 aliphatic rings. The molecule has 4 aromatic carbocycles. The van der Waals surface area contributed by atoms with Crippen LogP contribution in [0.4, 0.5) is 22.7 Å². The van der Waals surface area contributed by atoms with Gasteiger partial charge in [-0.3, -0.25) is 0 Å². The Balaban J connectivity index is 1.75. The first kappa shape index (κ1) is 17.7. The Bertz CT molecular complexity index is 1040. The molecule has 0 amide bonds. The summed E-state index contributed by atoms with van der Waals surface area (Å²) >= 11 is 0. The summed E-state index contributed by atoms with van der Waals surface area (Å²) in [5.41, 5.74) is 12.1. The first-order valence-electron chi connectivity index (χ1n) is 9.20. The van der Waals surface area contributed by atoms with E-state index >= 15 is 0 Å². The highest BCUT2D eigenvalue weighted by Crippen LogP contribution is 2.36. The second-order valence-electron chi connectivity index (χ2n) is 6.54. The molecular formula is C25H22N2O. The van der Waals surface area contributed by atoms with Crippen LogP contribution in [0.5, 0.6) is 5.75 Å². The van der Waals surface area contributed by atoms with Crippen LogP contribution in [0.2, 0.25) is 0 Å². The minimum absolute atomic E-state index is 0.772. The predicted octanol–water partition coefficient (Wildman–Crippen LogP) is 6.41. The van der Waals surface area contributed by atoms with Crippen molar-refractivity contribution in [1.29, 1.82) is 0 Å². The van der Waals surface area contributed by atoms with Gasteiger partial charge in [-0.25, -0.2) is 0 Å². The molecule has 4 aromatic rings. The molecule has 0 atom stereocenters. The zero-order valence-electron chi connectivity index (χ0n) is 15.7. The fourth-order valence-corrected chi connectivity index (χ4v) is 3.25. The van der Waals surface area contributed by atoms with Gasteiger partial charge in [0.25, 0.3) is 0 Å². The average molecular weight is 366 g/mol. The van der Waals surface area contributed by atoms with E-state index in [4.69, 9.17) is 10.5 Å². The topological polar surface area (TPSA) is 38.5 Å². The standard InChI is InChI=1S/C25H22N2O/c1-28-25-9-5-8-24(18-25)27(22-6-3-2-4-7-22)23-16-12-20(13-17-23)19-10-14-21(26)15-11-19/h2-18H,26H2,1H3. The Morgan fingerprint density at radius 1 is 0.607 bits per heavy atom. The molecular weight excluding hydrogens is 344 g/mol. The van der Waals surface area contributed by atoms with Gasteiger partial charge in [-0.1, -0.05) is 48.5 Å². The number of nitrogens with two attached hydrogens (primary N) is 1. The van der Waals surface area contributed by atoms with Crippen LogP contribution in [-0.4, -0.2) is 7.11 Å². The van der Waals surface area contributed by atoms with Crippen LogP contribution < -0.4 is 15.4 Å². The van der Waals surface area contributed by atoms with E-state index in [-0.39, 0.29) is 0 Å². The lowest BCUT2D eigenvalue weighted by atomic mass is 10.0. The van der Waals surface area contributed by atoms with E-state index in [0.717, 1.165) is 39.6 Å². The molecule has 0 spiro atoms. The Hall–Kier alpha value is -3.72. The number of benzene rings is 4. The number of methoxy groups -OCH3 is 1. The molecule has 0 unspecified atom stereocenters. The molecule has 0 aliphatic carbocycles. The van der Waals surface area contributed by atoms with Crippen LogP contribution >= 0.6 is 0 Å².